The molecule has 0 heterocycles. The highest BCUT2D eigenvalue weighted by atomic mass is 16.4. The fraction of sp³-hybridized carbons (Fsp3) is 0.842. The molecule has 26 heavy (non-hydrogen) atoms. The van der Waals surface area contributed by atoms with Crippen LogP contribution in [0.1, 0.15) is 78.6 Å². The highest BCUT2D eigenvalue weighted by Crippen LogP contribution is 2.15. The molecule has 0 radical (unpaired) electrons. The van der Waals surface area contributed by atoms with Gasteiger partial charge in [0.1, 0.15) is 6.54 Å². The molecule has 5 N–H and O–H groups in total. The maximum absolute atomic E-state index is 12.6. The average Bonchev–Trinajstić information content (AvgIpc) is 2.59. The maximum atomic E-state index is 12.6. The molecule has 0 rings (SSSR count). The van der Waals surface area contributed by atoms with Crippen molar-refractivity contribution in [2.45, 2.75) is 90.6 Å². The zero-order valence-corrected chi connectivity index (χ0v) is 16.6. The van der Waals surface area contributed by atoms with Gasteiger partial charge in [-0.15, -0.1) is 0 Å². The van der Waals surface area contributed by atoms with Crippen LogP contribution in [0.2, 0.25) is 0 Å². The van der Waals surface area contributed by atoms with Crippen molar-refractivity contribution < 1.29 is 19.5 Å². The molecular weight excluding hydrogens is 334 g/mol. The smallest absolute Gasteiger partial charge is 0.323 e. The lowest BCUT2D eigenvalue weighted by Crippen LogP contribution is -2.49. The minimum absolute atomic E-state index is 0.119. The van der Waals surface area contributed by atoms with E-state index in [0.717, 1.165) is 43.4 Å². The topological polar surface area (TPSA) is 127 Å². The number of carboxylic acid groups (broad SMARTS) is 1. The molecule has 0 fully saturated rings. The third kappa shape index (κ3) is 9.87. The molecule has 3 atom stereocenters. The Morgan fingerprint density at radius 3 is 2.08 bits per heavy atom. The first kappa shape index (κ1) is 24.5. The molecule has 152 valence electrons. The molecule has 0 aromatic rings. The van der Waals surface area contributed by atoms with Gasteiger partial charge in [-0.05, 0) is 12.8 Å². The van der Waals surface area contributed by atoms with E-state index >= 15 is 0 Å². The van der Waals surface area contributed by atoms with Crippen molar-refractivity contribution in [3.63, 3.8) is 0 Å². The molecule has 0 aromatic carbocycles. The van der Waals surface area contributed by atoms with Gasteiger partial charge >= 0.3 is 5.97 Å². The van der Waals surface area contributed by atoms with Crippen LogP contribution in [0.3, 0.4) is 0 Å². The molecule has 2 amide bonds. The number of hydrogen-bond donors (Lipinski definition) is 3. The summed E-state index contributed by atoms with van der Waals surface area (Å²) in [5.41, 5.74) is 12.0. The van der Waals surface area contributed by atoms with Crippen molar-refractivity contribution in [3.05, 3.63) is 0 Å². The van der Waals surface area contributed by atoms with Gasteiger partial charge in [-0.25, -0.2) is 0 Å². The summed E-state index contributed by atoms with van der Waals surface area (Å²) >= 11 is 0. The zero-order chi connectivity index (χ0) is 20.1. The maximum Gasteiger partial charge on any atom is 0.323 e. The molecule has 0 bridgehead atoms. The van der Waals surface area contributed by atoms with E-state index in [2.05, 4.69) is 6.92 Å². The zero-order valence-electron chi connectivity index (χ0n) is 16.6. The molecule has 0 saturated carbocycles. The first-order chi connectivity index (χ1) is 12.2. The van der Waals surface area contributed by atoms with Crippen LogP contribution in [0, 0.1) is 5.92 Å². The first-order valence-corrected chi connectivity index (χ1v) is 9.81. The van der Waals surface area contributed by atoms with Crippen molar-refractivity contribution in [2.75, 3.05) is 6.54 Å². The Labute approximate surface area is 157 Å². The highest BCUT2D eigenvalue weighted by molar-refractivity contribution is 5.99. The predicted molar refractivity (Wildman–Crippen MR) is 102 cm³/mol. The lowest BCUT2D eigenvalue weighted by atomic mass is 9.98. The number of carbonyl (C=O) groups is 3. The number of aliphatic carboxylic acids is 1. The van der Waals surface area contributed by atoms with Gasteiger partial charge in [0.2, 0.25) is 11.8 Å². The lowest BCUT2D eigenvalue weighted by Gasteiger charge is -2.26. The number of hydrogen-bond acceptors (Lipinski definition) is 5. The summed E-state index contributed by atoms with van der Waals surface area (Å²) in [6.07, 6.45) is 7.23. The van der Waals surface area contributed by atoms with E-state index in [-0.39, 0.29) is 18.4 Å². The molecule has 0 spiro atoms. The van der Waals surface area contributed by atoms with Gasteiger partial charge in [0.15, 0.2) is 0 Å². The van der Waals surface area contributed by atoms with Crippen LogP contribution in [-0.2, 0) is 14.4 Å². The van der Waals surface area contributed by atoms with Gasteiger partial charge in [-0.1, -0.05) is 59.3 Å². The fourth-order valence-electron chi connectivity index (χ4n) is 2.81. The Morgan fingerprint density at radius 2 is 1.54 bits per heavy atom. The Balaban J connectivity index is 4.81. The molecule has 0 aliphatic rings. The lowest BCUT2D eigenvalue weighted by molar-refractivity contribution is -0.154. The summed E-state index contributed by atoms with van der Waals surface area (Å²) in [5, 5.41) is 9.07. The molecule has 0 aliphatic heterocycles. The summed E-state index contributed by atoms with van der Waals surface area (Å²) in [5.74, 6) is -2.60. The third-order valence-electron chi connectivity index (χ3n) is 4.62. The second kappa shape index (κ2) is 13.7. The molecule has 0 saturated heterocycles. The minimum Gasteiger partial charge on any atom is -0.480 e. The van der Waals surface area contributed by atoms with Crippen LogP contribution in [0.15, 0.2) is 0 Å². The van der Waals surface area contributed by atoms with E-state index in [1.807, 2.05) is 6.92 Å². The minimum atomic E-state index is -1.21. The highest BCUT2D eigenvalue weighted by Gasteiger charge is 2.29. The monoisotopic (exact) mass is 371 g/mol. The van der Waals surface area contributed by atoms with Crippen molar-refractivity contribution in [3.8, 4) is 0 Å². The normalized spacial score (nSPS) is 14.5. The Morgan fingerprint density at radius 1 is 0.923 bits per heavy atom. The summed E-state index contributed by atoms with van der Waals surface area (Å²) < 4.78 is 0. The predicted octanol–water partition coefficient (Wildman–Crippen LogP) is 2.27. The number of nitrogens with two attached hydrogens (primary N) is 2. The van der Waals surface area contributed by atoms with Crippen molar-refractivity contribution >= 4 is 17.8 Å². The van der Waals surface area contributed by atoms with Crippen LogP contribution >= 0.6 is 0 Å². The number of nitrogens with zero attached hydrogens (tertiary/aromatic N) is 1. The van der Waals surface area contributed by atoms with Gasteiger partial charge in [0, 0.05) is 24.4 Å². The number of carboxylic acids is 1. The van der Waals surface area contributed by atoms with E-state index in [0.29, 0.717) is 12.8 Å². The first-order valence-electron chi connectivity index (χ1n) is 9.81. The Kier molecular flexibility index (Phi) is 12.9. The van der Waals surface area contributed by atoms with E-state index in [1.54, 1.807) is 6.92 Å². The van der Waals surface area contributed by atoms with Gasteiger partial charge < -0.3 is 16.6 Å². The molecule has 7 nitrogen and oxygen atoms in total. The standard InChI is InChI=1S/C19H37N3O4/c1-4-6-8-9-10-14(3)19(26)22(13-18(24)25)17(23)12-16(21)15(20)11-7-5-2/h14-16H,4-13,20-21H2,1-3H3,(H,24,25)/t14-,15+,16+/m1/s1. The van der Waals surface area contributed by atoms with E-state index < -0.39 is 30.4 Å². The van der Waals surface area contributed by atoms with Gasteiger partial charge in [-0.3, -0.25) is 19.3 Å². The Hall–Kier alpha value is -1.47. The number of unbranched alkanes of at least 4 members (excludes halogenated alkanes) is 4. The largest absolute Gasteiger partial charge is 0.480 e. The third-order valence-corrected chi connectivity index (χ3v) is 4.62. The quantitative estimate of drug-likeness (QED) is 0.402. The molecule has 0 aromatic heterocycles. The van der Waals surface area contributed by atoms with Crippen molar-refractivity contribution in [1.82, 2.24) is 4.90 Å². The summed E-state index contributed by atoms with van der Waals surface area (Å²) in [6, 6.07) is -0.926. The van der Waals surface area contributed by atoms with Crippen LogP contribution in [0.25, 0.3) is 0 Å². The van der Waals surface area contributed by atoms with Gasteiger partial charge in [0.25, 0.3) is 0 Å². The van der Waals surface area contributed by atoms with Crippen molar-refractivity contribution in [1.29, 1.82) is 0 Å². The second-order valence-corrected chi connectivity index (χ2v) is 7.14. The van der Waals surface area contributed by atoms with Gasteiger partial charge in [-0.2, -0.15) is 0 Å². The summed E-state index contributed by atoms with van der Waals surface area (Å²) in [7, 11) is 0. The van der Waals surface area contributed by atoms with E-state index in [1.165, 1.54) is 0 Å². The van der Waals surface area contributed by atoms with E-state index in [9.17, 15) is 14.4 Å². The van der Waals surface area contributed by atoms with Crippen LogP contribution in [0.5, 0.6) is 0 Å². The number of amides is 2. The SMILES string of the molecule is CCCCCC[C@@H](C)C(=O)N(CC(=O)O)C(=O)C[C@H](N)[C@@H](N)CCCC. The molecule has 7 heteroatoms. The van der Waals surface area contributed by atoms with Crippen LogP contribution in [-0.4, -0.2) is 46.4 Å². The summed E-state index contributed by atoms with van der Waals surface area (Å²) in [4.78, 5) is 37.0. The Bertz CT molecular complexity index is 443. The van der Waals surface area contributed by atoms with Crippen molar-refractivity contribution in [2.24, 2.45) is 17.4 Å². The number of rotatable bonds is 14. The van der Waals surface area contributed by atoms with E-state index in [4.69, 9.17) is 16.6 Å². The van der Waals surface area contributed by atoms with Crippen LogP contribution < -0.4 is 11.5 Å². The van der Waals surface area contributed by atoms with Gasteiger partial charge in [0.05, 0.1) is 0 Å². The molecule has 0 unspecified atom stereocenters. The fourth-order valence-corrected chi connectivity index (χ4v) is 2.81. The number of carbonyl (C=O) groups excluding carboxylic acids is 2. The number of imide groups is 1. The summed E-state index contributed by atoms with van der Waals surface area (Å²) in [6.45, 7) is 5.26. The second-order valence-electron chi connectivity index (χ2n) is 7.14. The van der Waals surface area contributed by atoms with Crippen LogP contribution in [0.4, 0.5) is 0 Å². The molecule has 0 aliphatic carbocycles. The average molecular weight is 372 g/mol. The molecular formula is C19H37N3O4.